The van der Waals surface area contributed by atoms with E-state index in [1.807, 2.05) is 0 Å². The standard InChI is InChI=1S/C14H18F3NO2/c1-4-9-5-6-10(7-11(9)20-3)14(17,13(15)16)12(8-19)18-2/h4-7,12-13,18-19H,1,8H2,2-3H3. The molecule has 2 N–H and O–H groups in total. The first-order valence-corrected chi connectivity index (χ1v) is 6.01. The predicted octanol–water partition coefficient (Wildman–Crippen LogP) is 2.35. The molecule has 1 rings (SSSR count). The summed E-state index contributed by atoms with van der Waals surface area (Å²) < 4.78 is 46.3. The quantitative estimate of drug-likeness (QED) is 0.809. The van der Waals surface area contributed by atoms with E-state index < -0.39 is 24.7 Å². The number of halogens is 3. The summed E-state index contributed by atoms with van der Waals surface area (Å²) in [6, 6.07) is 2.46. The normalized spacial score (nSPS) is 15.8. The molecule has 0 saturated heterocycles. The molecule has 0 aliphatic heterocycles. The lowest BCUT2D eigenvalue weighted by Crippen LogP contribution is -2.51. The van der Waals surface area contributed by atoms with Crippen molar-refractivity contribution in [1.82, 2.24) is 5.32 Å². The highest BCUT2D eigenvalue weighted by molar-refractivity contribution is 5.57. The molecule has 2 unspecified atom stereocenters. The zero-order chi connectivity index (χ0) is 15.3. The Balaban J connectivity index is 3.39. The molecule has 20 heavy (non-hydrogen) atoms. The molecule has 0 saturated carbocycles. The number of aliphatic hydroxyl groups is 1. The second-order valence-electron chi connectivity index (χ2n) is 4.25. The Bertz CT molecular complexity index is 464. The summed E-state index contributed by atoms with van der Waals surface area (Å²) in [7, 11) is 2.67. The van der Waals surface area contributed by atoms with Crippen molar-refractivity contribution < 1.29 is 23.0 Å². The topological polar surface area (TPSA) is 41.5 Å². The molecule has 112 valence electrons. The highest BCUT2D eigenvalue weighted by Crippen LogP contribution is 2.38. The first kappa shape index (κ1) is 16.5. The first-order valence-electron chi connectivity index (χ1n) is 6.01. The molecule has 0 aliphatic rings. The van der Waals surface area contributed by atoms with Crippen molar-refractivity contribution >= 4 is 6.08 Å². The van der Waals surface area contributed by atoms with E-state index in [1.165, 1.54) is 38.4 Å². The molecule has 0 spiro atoms. The lowest BCUT2D eigenvalue weighted by molar-refractivity contribution is -0.0732. The zero-order valence-electron chi connectivity index (χ0n) is 11.4. The van der Waals surface area contributed by atoms with Gasteiger partial charge in [-0.15, -0.1) is 0 Å². The van der Waals surface area contributed by atoms with Crippen LogP contribution < -0.4 is 10.1 Å². The van der Waals surface area contributed by atoms with Crippen molar-refractivity contribution in [1.29, 1.82) is 0 Å². The van der Waals surface area contributed by atoms with Crippen LogP contribution in [0.3, 0.4) is 0 Å². The van der Waals surface area contributed by atoms with Crippen LogP contribution in [0.15, 0.2) is 24.8 Å². The third-order valence-electron chi connectivity index (χ3n) is 3.25. The Morgan fingerprint density at radius 2 is 2.15 bits per heavy atom. The average Bonchev–Trinajstić information content (AvgIpc) is 2.47. The van der Waals surface area contributed by atoms with Gasteiger partial charge in [0.25, 0.3) is 6.43 Å². The number of hydrogen-bond acceptors (Lipinski definition) is 3. The molecule has 3 nitrogen and oxygen atoms in total. The number of alkyl halides is 3. The SMILES string of the molecule is C=Cc1ccc(C(F)(C(F)F)C(CO)NC)cc1OC. The summed E-state index contributed by atoms with van der Waals surface area (Å²) in [6.07, 6.45) is -1.82. The molecule has 0 bridgehead atoms. The summed E-state index contributed by atoms with van der Waals surface area (Å²) in [5.74, 6) is 0.243. The maximum absolute atomic E-state index is 14.8. The van der Waals surface area contributed by atoms with Crippen molar-refractivity contribution in [3.8, 4) is 5.75 Å². The molecule has 0 amide bonds. The summed E-state index contributed by atoms with van der Waals surface area (Å²) in [5.41, 5.74) is -2.71. The molecule has 1 aromatic carbocycles. The van der Waals surface area contributed by atoms with Crippen LogP contribution in [0.25, 0.3) is 6.08 Å². The number of rotatable bonds is 7. The molecular weight excluding hydrogens is 271 g/mol. The summed E-state index contributed by atoms with van der Waals surface area (Å²) in [6.45, 7) is 2.80. The number of methoxy groups -OCH3 is 1. The van der Waals surface area contributed by atoms with E-state index >= 15 is 0 Å². The van der Waals surface area contributed by atoms with Gasteiger partial charge in [-0.2, -0.15) is 0 Å². The molecular formula is C14H18F3NO2. The number of ether oxygens (including phenoxy) is 1. The lowest BCUT2D eigenvalue weighted by atomic mass is 9.87. The van der Waals surface area contributed by atoms with Crippen LogP contribution in [0.1, 0.15) is 11.1 Å². The number of aliphatic hydroxyl groups excluding tert-OH is 1. The van der Waals surface area contributed by atoms with Gasteiger partial charge in [0.1, 0.15) is 5.75 Å². The van der Waals surface area contributed by atoms with Gasteiger partial charge in [-0.1, -0.05) is 24.8 Å². The van der Waals surface area contributed by atoms with E-state index in [9.17, 15) is 13.2 Å². The average molecular weight is 289 g/mol. The van der Waals surface area contributed by atoms with Gasteiger partial charge in [0, 0.05) is 11.1 Å². The number of likely N-dealkylation sites (N-methyl/N-ethyl adjacent to an activating group) is 1. The lowest BCUT2D eigenvalue weighted by Gasteiger charge is -2.32. The van der Waals surface area contributed by atoms with Crippen LogP contribution >= 0.6 is 0 Å². The van der Waals surface area contributed by atoms with Gasteiger partial charge < -0.3 is 15.2 Å². The molecule has 1 aromatic rings. The second-order valence-corrected chi connectivity index (χ2v) is 4.25. The zero-order valence-corrected chi connectivity index (χ0v) is 11.4. The van der Waals surface area contributed by atoms with Gasteiger partial charge in [-0.05, 0) is 13.1 Å². The smallest absolute Gasteiger partial charge is 0.277 e. The van der Waals surface area contributed by atoms with E-state index in [2.05, 4.69) is 11.9 Å². The number of nitrogens with one attached hydrogen (secondary N) is 1. The van der Waals surface area contributed by atoms with Gasteiger partial charge >= 0.3 is 0 Å². The predicted molar refractivity (Wildman–Crippen MR) is 71.8 cm³/mol. The van der Waals surface area contributed by atoms with E-state index in [-0.39, 0.29) is 11.3 Å². The minimum Gasteiger partial charge on any atom is -0.496 e. The van der Waals surface area contributed by atoms with Crippen molar-refractivity contribution in [3.63, 3.8) is 0 Å². The maximum Gasteiger partial charge on any atom is 0.277 e. The Labute approximate surface area is 116 Å². The van der Waals surface area contributed by atoms with Gasteiger partial charge in [-0.25, -0.2) is 13.2 Å². The minimum atomic E-state index is -3.30. The summed E-state index contributed by atoms with van der Waals surface area (Å²) in [5, 5.41) is 11.5. The molecule has 0 radical (unpaired) electrons. The van der Waals surface area contributed by atoms with E-state index in [0.29, 0.717) is 5.56 Å². The van der Waals surface area contributed by atoms with Crippen LogP contribution in [0.5, 0.6) is 5.75 Å². The minimum absolute atomic E-state index is 0.243. The fourth-order valence-electron chi connectivity index (χ4n) is 2.03. The van der Waals surface area contributed by atoms with Gasteiger partial charge in [0.05, 0.1) is 19.8 Å². The van der Waals surface area contributed by atoms with Crippen LogP contribution in [0.2, 0.25) is 0 Å². The molecule has 2 atom stereocenters. The van der Waals surface area contributed by atoms with Crippen molar-refractivity contribution in [2.24, 2.45) is 0 Å². The highest BCUT2D eigenvalue weighted by Gasteiger charge is 2.49. The van der Waals surface area contributed by atoms with Crippen LogP contribution in [0, 0.1) is 0 Å². The monoisotopic (exact) mass is 289 g/mol. The fourth-order valence-corrected chi connectivity index (χ4v) is 2.03. The molecule has 0 heterocycles. The van der Waals surface area contributed by atoms with Crippen LogP contribution in [0.4, 0.5) is 13.2 Å². The first-order chi connectivity index (χ1) is 9.45. The Morgan fingerprint density at radius 3 is 2.55 bits per heavy atom. The molecule has 0 fully saturated rings. The van der Waals surface area contributed by atoms with Crippen molar-refractivity contribution in [3.05, 3.63) is 35.9 Å². The molecule has 0 aliphatic carbocycles. The second kappa shape index (κ2) is 6.76. The largest absolute Gasteiger partial charge is 0.496 e. The third kappa shape index (κ3) is 2.81. The van der Waals surface area contributed by atoms with E-state index in [1.54, 1.807) is 0 Å². The van der Waals surface area contributed by atoms with Crippen LogP contribution in [-0.4, -0.2) is 38.3 Å². The van der Waals surface area contributed by atoms with E-state index in [0.717, 1.165) is 0 Å². The molecule has 0 aromatic heterocycles. The van der Waals surface area contributed by atoms with E-state index in [4.69, 9.17) is 9.84 Å². The Kier molecular flexibility index (Phi) is 5.59. The maximum atomic E-state index is 14.8. The van der Waals surface area contributed by atoms with Crippen molar-refractivity contribution in [2.45, 2.75) is 18.1 Å². The van der Waals surface area contributed by atoms with Gasteiger partial charge in [0.2, 0.25) is 5.67 Å². The van der Waals surface area contributed by atoms with Crippen LogP contribution in [-0.2, 0) is 5.67 Å². The van der Waals surface area contributed by atoms with Gasteiger partial charge in [0.15, 0.2) is 0 Å². The summed E-state index contributed by atoms with van der Waals surface area (Å²) in [4.78, 5) is 0. The molecule has 6 heteroatoms. The Morgan fingerprint density at radius 1 is 1.50 bits per heavy atom. The fraction of sp³-hybridized carbons (Fsp3) is 0.429. The Hall–Kier alpha value is -1.53. The van der Waals surface area contributed by atoms with Crippen molar-refractivity contribution in [2.75, 3.05) is 20.8 Å². The van der Waals surface area contributed by atoms with Gasteiger partial charge in [-0.3, -0.25) is 0 Å². The number of hydrogen-bond donors (Lipinski definition) is 2. The highest BCUT2D eigenvalue weighted by atomic mass is 19.3. The number of benzene rings is 1. The third-order valence-corrected chi connectivity index (χ3v) is 3.25. The summed E-state index contributed by atoms with van der Waals surface area (Å²) >= 11 is 0.